The molecule has 0 aromatic heterocycles. The van der Waals surface area contributed by atoms with Crippen LogP contribution in [0.15, 0.2) is 42.5 Å². The minimum absolute atomic E-state index is 0.0693. The van der Waals surface area contributed by atoms with E-state index < -0.39 is 17.9 Å². The van der Waals surface area contributed by atoms with Crippen LogP contribution in [-0.4, -0.2) is 63.4 Å². The second-order valence-corrected chi connectivity index (χ2v) is 13.3. The molecule has 1 saturated carbocycles. The number of carboxylic acid groups (broad SMARTS) is 1. The Kier molecular flexibility index (Phi) is 13.6. The van der Waals surface area contributed by atoms with E-state index in [1.54, 1.807) is 24.8 Å². The highest BCUT2D eigenvalue weighted by molar-refractivity contribution is 7.99. The maximum absolute atomic E-state index is 13.5. The van der Waals surface area contributed by atoms with Gasteiger partial charge in [-0.3, -0.25) is 9.59 Å². The molecular formula is C33H46N2O4S2. The van der Waals surface area contributed by atoms with E-state index >= 15 is 0 Å². The molecular weight excluding hydrogens is 553 g/mol. The van der Waals surface area contributed by atoms with Crippen molar-refractivity contribution in [2.75, 3.05) is 23.5 Å². The number of benzene rings is 2. The summed E-state index contributed by atoms with van der Waals surface area (Å²) in [5.41, 5.74) is 4.09. The van der Waals surface area contributed by atoms with Crippen LogP contribution in [0.4, 0.5) is 0 Å². The standard InChI is InChI=1S/C33H46N2O4S2/c1-5-41-22-27(19-25-12-7-6-8-13-25)35(24(3)36)21-26-15-16-29(30(20-26)28-14-10-9-11-23(28)2)32(37)34-31(33(38)39)17-18-40-4/h9-11,14-16,20,25,27,31H,5-8,12-13,17-19,21-22H2,1-4H3,(H,34,37)(H,38,39)/t27?,31-/m0/s1. The summed E-state index contributed by atoms with van der Waals surface area (Å²) in [5.74, 6) is 1.87. The van der Waals surface area contributed by atoms with Crippen LogP contribution < -0.4 is 5.32 Å². The summed E-state index contributed by atoms with van der Waals surface area (Å²) >= 11 is 3.44. The highest BCUT2D eigenvalue weighted by Crippen LogP contribution is 2.32. The fraction of sp³-hybridized carbons (Fsp3) is 0.545. The Bertz CT molecular complexity index is 1170. The fourth-order valence-corrected chi connectivity index (χ4v) is 7.05. The Morgan fingerprint density at radius 3 is 2.44 bits per heavy atom. The molecule has 0 heterocycles. The normalized spacial score (nSPS) is 15.2. The van der Waals surface area contributed by atoms with Gasteiger partial charge in [0.1, 0.15) is 6.04 Å². The van der Waals surface area contributed by atoms with E-state index in [0.717, 1.165) is 40.2 Å². The van der Waals surface area contributed by atoms with E-state index in [1.807, 2.05) is 66.2 Å². The van der Waals surface area contributed by atoms with Gasteiger partial charge in [-0.2, -0.15) is 23.5 Å². The molecule has 2 atom stereocenters. The van der Waals surface area contributed by atoms with Crippen molar-refractivity contribution in [3.63, 3.8) is 0 Å². The molecule has 0 radical (unpaired) electrons. The molecule has 1 aliphatic rings. The van der Waals surface area contributed by atoms with Crippen molar-refractivity contribution in [2.24, 2.45) is 5.92 Å². The lowest BCUT2D eigenvalue weighted by molar-refractivity contribution is -0.139. The average molecular weight is 599 g/mol. The SMILES string of the molecule is CCSCC(CC1CCCCC1)N(Cc1ccc(C(=O)N[C@@H](CCSC)C(=O)O)c(-c2ccccc2C)c1)C(C)=O. The van der Waals surface area contributed by atoms with Crippen molar-refractivity contribution in [1.29, 1.82) is 0 Å². The average Bonchev–Trinajstić information content (AvgIpc) is 2.96. The third-order valence-corrected chi connectivity index (χ3v) is 9.69. The number of hydrogen-bond donors (Lipinski definition) is 2. The van der Waals surface area contributed by atoms with Crippen LogP contribution in [0, 0.1) is 12.8 Å². The predicted octanol–water partition coefficient (Wildman–Crippen LogP) is 7.04. The summed E-state index contributed by atoms with van der Waals surface area (Å²) in [7, 11) is 0. The van der Waals surface area contributed by atoms with Gasteiger partial charge in [0.2, 0.25) is 5.91 Å². The van der Waals surface area contributed by atoms with Gasteiger partial charge in [-0.25, -0.2) is 4.79 Å². The molecule has 6 nitrogen and oxygen atoms in total. The predicted molar refractivity (Wildman–Crippen MR) is 173 cm³/mol. The van der Waals surface area contributed by atoms with E-state index in [-0.39, 0.29) is 11.9 Å². The van der Waals surface area contributed by atoms with Crippen molar-refractivity contribution in [3.05, 3.63) is 59.2 Å². The lowest BCUT2D eigenvalue weighted by Crippen LogP contribution is -2.42. The number of rotatable bonds is 15. The Morgan fingerprint density at radius 2 is 1.80 bits per heavy atom. The van der Waals surface area contributed by atoms with Crippen molar-refractivity contribution >= 4 is 41.3 Å². The van der Waals surface area contributed by atoms with Crippen molar-refractivity contribution in [2.45, 2.75) is 84.3 Å². The van der Waals surface area contributed by atoms with Crippen LogP contribution in [0.1, 0.15) is 80.3 Å². The topological polar surface area (TPSA) is 86.7 Å². The van der Waals surface area contributed by atoms with Crippen molar-refractivity contribution < 1.29 is 19.5 Å². The smallest absolute Gasteiger partial charge is 0.326 e. The van der Waals surface area contributed by atoms with Gasteiger partial charge in [-0.15, -0.1) is 0 Å². The number of thioether (sulfide) groups is 2. The zero-order chi connectivity index (χ0) is 29.8. The van der Waals surface area contributed by atoms with Gasteiger partial charge in [0.15, 0.2) is 0 Å². The molecule has 224 valence electrons. The van der Waals surface area contributed by atoms with Gasteiger partial charge in [-0.05, 0) is 77.8 Å². The monoisotopic (exact) mass is 598 g/mol. The summed E-state index contributed by atoms with van der Waals surface area (Å²) in [4.78, 5) is 40.4. The van der Waals surface area contributed by atoms with Gasteiger partial charge in [0.05, 0.1) is 0 Å². The van der Waals surface area contributed by atoms with Crippen LogP contribution in [0.25, 0.3) is 11.1 Å². The van der Waals surface area contributed by atoms with Gasteiger partial charge in [0, 0.05) is 30.8 Å². The number of carbonyl (C=O) groups excluding carboxylic acids is 2. The first kappa shape index (κ1) is 33.1. The van der Waals surface area contributed by atoms with E-state index in [4.69, 9.17) is 0 Å². The van der Waals surface area contributed by atoms with Gasteiger partial charge in [-0.1, -0.05) is 69.4 Å². The Hall–Kier alpha value is -2.45. The first-order valence-corrected chi connectivity index (χ1v) is 17.4. The third kappa shape index (κ3) is 9.81. The van der Waals surface area contributed by atoms with Crippen LogP contribution in [0.3, 0.4) is 0 Å². The fourth-order valence-electron chi connectivity index (χ4n) is 5.76. The number of carbonyl (C=O) groups is 3. The first-order valence-electron chi connectivity index (χ1n) is 14.8. The molecule has 3 rings (SSSR count). The van der Waals surface area contributed by atoms with E-state index in [2.05, 4.69) is 12.2 Å². The molecule has 2 aromatic carbocycles. The maximum atomic E-state index is 13.5. The van der Waals surface area contributed by atoms with E-state index in [0.29, 0.717) is 30.2 Å². The van der Waals surface area contributed by atoms with Gasteiger partial charge < -0.3 is 15.3 Å². The molecule has 1 fully saturated rings. The van der Waals surface area contributed by atoms with Crippen LogP contribution in [-0.2, 0) is 16.1 Å². The number of amides is 2. The first-order chi connectivity index (χ1) is 19.7. The summed E-state index contributed by atoms with van der Waals surface area (Å²) in [6.07, 6.45) is 9.66. The lowest BCUT2D eigenvalue weighted by atomic mass is 9.84. The van der Waals surface area contributed by atoms with E-state index in [9.17, 15) is 19.5 Å². The molecule has 1 unspecified atom stereocenters. The number of aryl methyl sites for hydroxylation is 1. The molecule has 41 heavy (non-hydrogen) atoms. The second kappa shape index (κ2) is 16.9. The van der Waals surface area contributed by atoms with Gasteiger partial charge >= 0.3 is 5.97 Å². The summed E-state index contributed by atoms with van der Waals surface area (Å²) in [5, 5.41) is 12.4. The third-order valence-electron chi connectivity index (χ3n) is 8.02. The number of carboxylic acids is 1. The number of hydrogen-bond acceptors (Lipinski definition) is 5. The van der Waals surface area contributed by atoms with Crippen molar-refractivity contribution in [1.82, 2.24) is 10.2 Å². The summed E-state index contributed by atoms with van der Waals surface area (Å²) in [6.45, 7) is 6.30. The maximum Gasteiger partial charge on any atom is 0.326 e. The Balaban J connectivity index is 1.95. The molecule has 8 heteroatoms. The zero-order valence-corrected chi connectivity index (χ0v) is 26.6. The summed E-state index contributed by atoms with van der Waals surface area (Å²) < 4.78 is 0. The van der Waals surface area contributed by atoms with Crippen LogP contribution in [0.2, 0.25) is 0 Å². The largest absolute Gasteiger partial charge is 0.480 e. The van der Waals surface area contributed by atoms with Crippen LogP contribution in [0.5, 0.6) is 0 Å². The minimum atomic E-state index is -1.03. The molecule has 0 saturated heterocycles. The van der Waals surface area contributed by atoms with Gasteiger partial charge in [0.25, 0.3) is 5.91 Å². The molecule has 1 aliphatic carbocycles. The molecule has 2 aromatic rings. The Morgan fingerprint density at radius 1 is 1.07 bits per heavy atom. The molecule has 0 aliphatic heterocycles. The molecule has 0 spiro atoms. The quantitative estimate of drug-likeness (QED) is 0.229. The summed E-state index contributed by atoms with van der Waals surface area (Å²) in [6, 6.07) is 12.8. The number of aliphatic carboxylic acids is 1. The minimum Gasteiger partial charge on any atom is -0.480 e. The van der Waals surface area contributed by atoms with Crippen LogP contribution >= 0.6 is 23.5 Å². The highest BCUT2D eigenvalue weighted by Gasteiger charge is 2.27. The lowest BCUT2D eigenvalue weighted by Gasteiger charge is -2.35. The Labute approximate surface area is 254 Å². The second-order valence-electron chi connectivity index (χ2n) is 11.0. The molecule has 2 amide bonds. The highest BCUT2D eigenvalue weighted by atomic mass is 32.2. The van der Waals surface area contributed by atoms with E-state index in [1.165, 1.54) is 32.1 Å². The number of nitrogens with zero attached hydrogens (tertiary/aromatic N) is 1. The van der Waals surface area contributed by atoms with Crippen molar-refractivity contribution in [3.8, 4) is 11.1 Å². The molecule has 0 bridgehead atoms. The number of nitrogens with one attached hydrogen (secondary N) is 1. The zero-order valence-electron chi connectivity index (χ0n) is 25.0. The molecule has 2 N–H and O–H groups in total.